The molecule has 98 valence electrons. The van der Waals surface area contributed by atoms with Gasteiger partial charge in [-0.05, 0) is 25.1 Å². The van der Waals surface area contributed by atoms with Gasteiger partial charge in [-0.3, -0.25) is 0 Å². The zero-order valence-corrected chi connectivity index (χ0v) is 9.83. The molecule has 1 aromatic rings. The van der Waals surface area contributed by atoms with Gasteiger partial charge in [-0.15, -0.1) is 0 Å². The molecule has 0 fully saturated rings. The summed E-state index contributed by atoms with van der Waals surface area (Å²) in [6.45, 7) is 2.45. The van der Waals surface area contributed by atoms with Gasteiger partial charge in [0, 0.05) is 13.1 Å². The summed E-state index contributed by atoms with van der Waals surface area (Å²) in [4.78, 5) is 1.65. The number of nitrogens with zero attached hydrogens (tertiary/aromatic N) is 2. The number of anilines is 1. The Morgan fingerprint density at radius 2 is 2.06 bits per heavy atom. The van der Waals surface area contributed by atoms with E-state index in [2.05, 4.69) is 0 Å². The van der Waals surface area contributed by atoms with Crippen LogP contribution in [0.1, 0.15) is 18.1 Å². The Balaban J connectivity index is 3.19. The van der Waals surface area contributed by atoms with Gasteiger partial charge in [0.15, 0.2) is 0 Å². The van der Waals surface area contributed by atoms with E-state index < -0.39 is 11.7 Å². The smallest absolute Gasteiger partial charge is 0.395 e. The lowest BCUT2D eigenvalue weighted by molar-refractivity contribution is -0.137. The second-order valence-electron chi connectivity index (χ2n) is 3.64. The Labute approximate surface area is 103 Å². The number of hydrogen-bond acceptors (Lipinski definition) is 3. The molecule has 0 saturated heterocycles. The fourth-order valence-electron chi connectivity index (χ4n) is 1.65. The molecule has 0 unspecified atom stereocenters. The molecule has 0 amide bonds. The van der Waals surface area contributed by atoms with Gasteiger partial charge in [0.1, 0.15) is 6.07 Å². The quantitative estimate of drug-likeness (QED) is 0.902. The number of alkyl halides is 3. The number of hydrogen-bond donors (Lipinski definition) is 1. The van der Waals surface area contributed by atoms with Crippen LogP contribution in [0.4, 0.5) is 18.9 Å². The molecule has 0 saturated carbocycles. The summed E-state index contributed by atoms with van der Waals surface area (Å²) in [5.41, 5.74) is -0.481. The van der Waals surface area contributed by atoms with E-state index >= 15 is 0 Å². The highest BCUT2D eigenvalue weighted by Gasteiger charge is 2.31. The Morgan fingerprint density at radius 3 is 2.50 bits per heavy atom. The molecule has 1 aromatic carbocycles. The van der Waals surface area contributed by atoms with E-state index in [0.717, 1.165) is 12.1 Å². The Kier molecular flexibility index (Phi) is 4.56. The molecule has 0 aromatic heterocycles. The van der Waals surface area contributed by atoms with Crippen LogP contribution in [-0.4, -0.2) is 24.8 Å². The summed E-state index contributed by atoms with van der Waals surface area (Å²) < 4.78 is 37.5. The van der Waals surface area contributed by atoms with Crippen molar-refractivity contribution in [2.45, 2.75) is 13.1 Å². The summed E-state index contributed by atoms with van der Waals surface area (Å²) in [6, 6.07) is 4.79. The van der Waals surface area contributed by atoms with Crippen LogP contribution in [0.25, 0.3) is 0 Å². The maximum Gasteiger partial charge on any atom is 0.416 e. The predicted octanol–water partition coefficient (Wildman–Crippen LogP) is 2.40. The zero-order valence-electron chi connectivity index (χ0n) is 9.83. The molecule has 3 nitrogen and oxygen atoms in total. The van der Waals surface area contributed by atoms with Gasteiger partial charge < -0.3 is 10.0 Å². The maximum absolute atomic E-state index is 12.5. The topological polar surface area (TPSA) is 47.3 Å². The number of aliphatic hydroxyl groups is 1. The van der Waals surface area contributed by atoms with Crippen LogP contribution in [0.2, 0.25) is 0 Å². The molecular formula is C12H13F3N2O. The highest BCUT2D eigenvalue weighted by atomic mass is 19.4. The molecule has 0 atom stereocenters. The summed E-state index contributed by atoms with van der Waals surface area (Å²) in [7, 11) is 0. The average Bonchev–Trinajstić information content (AvgIpc) is 2.34. The van der Waals surface area contributed by atoms with Crippen LogP contribution >= 0.6 is 0 Å². The number of aliphatic hydroxyl groups excluding tert-OH is 1. The van der Waals surface area contributed by atoms with Crippen LogP contribution < -0.4 is 4.90 Å². The third-order valence-electron chi connectivity index (χ3n) is 2.54. The first-order valence-electron chi connectivity index (χ1n) is 5.41. The summed E-state index contributed by atoms with van der Waals surface area (Å²) in [6.07, 6.45) is -4.46. The van der Waals surface area contributed by atoms with E-state index in [1.807, 2.05) is 0 Å². The normalized spacial score (nSPS) is 11.1. The Hall–Kier alpha value is -1.74. The molecule has 1 rings (SSSR count). The molecule has 0 aliphatic carbocycles. The minimum atomic E-state index is -4.46. The van der Waals surface area contributed by atoms with Gasteiger partial charge in [0.25, 0.3) is 0 Å². The standard InChI is InChI=1S/C12H13F3N2O/c1-2-17(5-6-18)11-4-3-10(12(13,14)15)7-9(11)8-16/h3-4,7,18H,2,5-6H2,1H3. The van der Waals surface area contributed by atoms with Crippen LogP contribution in [0, 0.1) is 11.3 Å². The van der Waals surface area contributed by atoms with Gasteiger partial charge in [-0.1, -0.05) is 0 Å². The highest BCUT2D eigenvalue weighted by molar-refractivity contribution is 5.60. The van der Waals surface area contributed by atoms with Crippen LogP contribution in [0.3, 0.4) is 0 Å². The lowest BCUT2D eigenvalue weighted by atomic mass is 10.1. The summed E-state index contributed by atoms with van der Waals surface area (Å²) in [5, 5.41) is 17.8. The van der Waals surface area contributed by atoms with Gasteiger partial charge in [0.05, 0.1) is 23.4 Å². The first kappa shape index (κ1) is 14.3. The van der Waals surface area contributed by atoms with Crippen molar-refractivity contribution in [2.75, 3.05) is 24.6 Å². The van der Waals surface area contributed by atoms with Gasteiger partial charge in [-0.25, -0.2) is 0 Å². The molecule has 0 spiro atoms. The molecule has 0 bridgehead atoms. The van der Waals surface area contributed by atoms with E-state index in [4.69, 9.17) is 10.4 Å². The van der Waals surface area contributed by atoms with Crippen LogP contribution in [-0.2, 0) is 6.18 Å². The largest absolute Gasteiger partial charge is 0.416 e. The Morgan fingerprint density at radius 1 is 1.39 bits per heavy atom. The minimum Gasteiger partial charge on any atom is -0.395 e. The number of benzene rings is 1. The van der Waals surface area contributed by atoms with Crippen molar-refractivity contribution >= 4 is 5.69 Å². The fourth-order valence-corrected chi connectivity index (χ4v) is 1.65. The number of halogens is 3. The van der Waals surface area contributed by atoms with Crippen LogP contribution in [0.5, 0.6) is 0 Å². The average molecular weight is 258 g/mol. The molecule has 0 radical (unpaired) electrons. The van der Waals surface area contributed by atoms with Gasteiger partial charge in [-0.2, -0.15) is 18.4 Å². The van der Waals surface area contributed by atoms with Crippen molar-refractivity contribution in [1.29, 1.82) is 5.26 Å². The van der Waals surface area contributed by atoms with E-state index in [1.165, 1.54) is 6.07 Å². The van der Waals surface area contributed by atoms with Crippen molar-refractivity contribution in [3.63, 3.8) is 0 Å². The molecule has 6 heteroatoms. The first-order valence-corrected chi connectivity index (χ1v) is 5.41. The fraction of sp³-hybridized carbons (Fsp3) is 0.417. The number of rotatable bonds is 4. The van der Waals surface area contributed by atoms with E-state index in [-0.39, 0.29) is 18.7 Å². The number of likely N-dealkylation sites (N-methyl/N-ethyl adjacent to an activating group) is 1. The second-order valence-corrected chi connectivity index (χ2v) is 3.64. The lowest BCUT2D eigenvalue weighted by Crippen LogP contribution is -2.27. The highest BCUT2D eigenvalue weighted by Crippen LogP contribution is 2.32. The third-order valence-corrected chi connectivity index (χ3v) is 2.54. The van der Waals surface area contributed by atoms with Gasteiger partial charge in [0.2, 0.25) is 0 Å². The Bertz CT molecular complexity index is 452. The third kappa shape index (κ3) is 3.14. The molecule has 0 aliphatic heterocycles. The van der Waals surface area contributed by atoms with Crippen molar-refractivity contribution in [1.82, 2.24) is 0 Å². The van der Waals surface area contributed by atoms with Crippen LogP contribution in [0.15, 0.2) is 18.2 Å². The van der Waals surface area contributed by atoms with Gasteiger partial charge >= 0.3 is 6.18 Å². The maximum atomic E-state index is 12.5. The molecule has 0 heterocycles. The molecule has 0 aliphatic rings. The lowest BCUT2D eigenvalue weighted by Gasteiger charge is -2.23. The summed E-state index contributed by atoms with van der Waals surface area (Å²) in [5.74, 6) is 0. The van der Waals surface area contributed by atoms with E-state index in [1.54, 1.807) is 17.9 Å². The molecule has 18 heavy (non-hydrogen) atoms. The van der Waals surface area contributed by atoms with Crippen molar-refractivity contribution in [2.24, 2.45) is 0 Å². The summed E-state index contributed by atoms with van der Waals surface area (Å²) >= 11 is 0. The molecule has 1 N–H and O–H groups in total. The van der Waals surface area contributed by atoms with Crippen molar-refractivity contribution in [3.8, 4) is 6.07 Å². The van der Waals surface area contributed by atoms with Crippen molar-refractivity contribution < 1.29 is 18.3 Å². The zero-order chi connectivity index (χ0) is 13.8. The van der Waals surface area contributed by atoms with E-state index in [9.17, 15) is 13.2 Å². The number of nitriles is 1. The van der Waals surface area contributed by atoms with Crippen molar-refractivity contribution in [3.05, 3.63) is 29.3 Å². The second kappa shape index (κ2) is 5.74. The minimum absolute atomic E-state index is 0.0416. The predicted molar refractivity (Wildman–Crippen MR) is 61.1 cm³/mol. The van der Waals surface area contributed by atoms with E-state index in [0.29, 0.717) is 12.2 Å². The first-order chi connectivity index (χ1) is 8.43. The monoisotopic (exact) mass is 258 g/mol. The molecular weight excluding hydrogens is 245 g/mol. The SMILES string of the molecule is CCN(CCO)c1ccc(C(F)(F)F)cc1C#N.